The van der Waals surface area contributed by atoms with Gasteiger partial charge in [-0.05, 0) is 34.5 Å². The van der Waals surface area contributed by atoms with Gasteiger partial charge in [-0.1, -0.05) is 19.1 Å². The van der Waals surface area contributed by atoms with Gasteiger partial charge in [0.1, 0.15) is 16.2 Å². The van der Waals surface area contributed by atoms with Crippen molar-refractivity contribution in [2.24, 2.45) is 0 Å². The SMILES string of the molecule is CCCc1nc(Br)cc(Nc2ccccc2N(C)C)n1. The number of aromatic nitrogens is 2. The lowest BCUT2D eigenvalue weighted by Gasteiger charge is -2.18. The maximum absolute atomic E-state index is 4.55. The minimum absolute atomic E-state index is 0.806. The third-order valence-electron chi connectivity index (χ3n) is 2.86. The van der Waals surface area contributed by atoms with Crippen molar-refractivity contribution in [1.29, 1.82) is 0 Å². The van der Waals surface area contributed by atoms with Gasteiger partial charge in [-0.15, -0.1) is 0 Å². The molecule has 0 amide bonds. The van der Waals surface area contributed by atoms with Crippen LogP contribution in [-0.2, 0) is 6.42 Å². The summed E-state index contributed by atoms with van der Waals surface area (Å²) in [6.45, 7) is 2.12. The van der Waals surface area contributed by atoms with Crippen LogP contribution >= 0.6 is 15.9 Å². The van der Waals surface area contributed by atoms with Gasteiger partial charge < -0.3 is 10.2 Å². The van der Waals surface area contributed by atoms with Gasteiger partial charge in [0.15, 0.2) is 0 Å². The van der Waals surface area contributed by atoms with Crippen LogP contribution in [0.5, 0.6) is 0 Å². The molecule has 0 unspecified atom stereocenters. The highest BCUT2D eigenvalue weighted by atomic mass is 79.9. The van der Waals surface area contributed by atoms with Gasteiger partial charge >= 0.3 is 0 Å². The summed E-state index contributed by atoms with van der Waals surface area (Å²) in [5, 5.41) is 3.37. The second-order valence-electron chi connectivity index (χ2n) is 4.78. The van der Waals surface area contributed by atoms with E-state index >= 15 is 0 Å². The maximum atomic E-state index is 4.55. The smallest absolute Gasteiger partial charge is 0.135 e. The Hall–Kier alpha value is -1.62. The van der Waals surface area contributed by atoms with Gasteiger partial charge in [0.25, 0.3) is 0 Å². The van der Waals surface area contributed by atoms with E-state index in [0.29, 0.717) is 0 Å². The Morgan fingerprint density at radius 1 is 1.20 bits per heavy atom. The molecule has 0 bridgehead atoms. The van der Waals surface area contributed by atoms with E-state index in [4.69, 9.17) is 0 Å². The van der Waals surface area contributed by atoms with Crippen LogP contribution in [0.1, 0.15) is 19.2 Å². The number of hydrogen-bond donors (Lipinski definition) is 1. The molecule has 0 fully saturated rings. The number of nitrogens with zero attached hydrogens (tertiary/aromatic N) is 3. The van der Waals surface area contributed by atoms with Crippen molar-refractivity contribution in [2.45, 2.75) is 19.8 Å². The molecule has 2 aromatic rings. The molecule has 2 rings (SSSR count). The van der Waals surface area contributed by atoms with Gasteiger partial charge in [0.2, 0.25) is 0 Å². The van der Waals surface area contributed by atoms with Crippen LogP contribution in [0.15, 0.2) is 34.9 Å². The zero-order chi connectivity index (χ0) is 14.5. The number of anilines is 3. The number of aryl methyl sites for hydroxylation is 1. The molecule has 1 aromatic carbocycles. The predicted molar refractivity (Wildman–Crippen MR) is 87.8 cm³/mol. The third kappa shape index (κ3) is 3.70. The van der Waals surface area contributed by atoms with Crippen LogP contribution in [0, 0.1) is 0 Å². The van der Waals surface area contributed by atoms with Crippen molar-refractivity contribution in [1.82, 2.24) is 9.97 Å². The summed E-state index contributed by atoms with van der Waals surface area (Å²) in [6.07, 6.45) is 1.91. The molecule has 0 atom stereocenters. The number of nitrogens with one attached hydrogen (secondary N) is 1. The van der Waals surface area contributed by atoms with Crippen LogP contribution in [0.4, 0.5) is 17.2 Å². The lowest BCUT2D eigenvalue weighted by atomic mass is 10.2. The Kier molecular flexibility index (Phi) is 4.95. The molecule has 0 aliphatic carbocycles. The van der Waals surface area contributed by atoms with Crippen LogP contribution in [0.3, 0.4) is 0 Å². The topological polar surface area (TPSA) is 41.1 Å². The van der Waals surface area contributed by atoms with Gasteiger partial charge in [0.05, 0.1) is 11.4 Å². The Morgan fingerprint density at radius 3 is 2.65 bits per heavy atom. The molecule has 0 aliphatic rings. The standard InChI is InChI=1S/C15H19BrN4/c1-4-7-14-18-13(16)10-15(19-14)17-11-8-5-6-9-12(11)20(2)3/h5-6,8-10H,4,7H2,1-3H3,(H,17,18,19). The first kappa shape index (κ1) is 14.8. The second-order valence-corrected chi connectivity index (χ2v) is 5.59. The largest absolute Gasteiger partial charge is 0.376 e. The average Bonchev–Trinajstić information content (AvgIpc) is 2.38. The molecule has 1 aromatic heterocycles. The molecule has 0 saturated carbocycles. The van der Waals surface area contributed by atoms with Crippen molar-refractivity contribution < 1.29 is 0 Å². The lowest BCUT2D eigenvalue weighted by Crippen LogP contribution is -2.11. The third-order valence-corrected chi connectivity index (χ3v) is 3.27. The fraction of sp³-hybridized carbons (Fsp3) is 0.333. The van der Waals surface area contributed by atoms with Crippen LogP contribution in [-0.4, -0.2) is 24.1 Å². The summed E-state index contributed by atoms with van der Waals surface area (Å²) in [5.41, 5.74) is 2.16. The van der Waals surface area contributed by atoms with Crippen molar-refractivity contribution in [3.8, 4) is 0 Å². The highest BCUT2D eigenvalue weighted by Gasteiger charge is 2.07. The maximum Gasteiger partial charge on any atom is 0.135 e. The Balaban J connectivity index is 2.30. The molecule has 5 heteroatoms. The first-order valence-electron chi connectivity index (χ1n) is 6.67. The fourth-order valence-corrected chi connectivity index (χ4v) is 2.39. The molecule has 1 N–H and O–H groups in total. The summed E-state index contributed by atoms with van der Waals surface area (Å²) in [4.78, 5) is 11.0. The lowest BCUT2D eigenvalue weighted by molar-refractivity contribution is 0.831. The van der Waals surface area contributed by atoms with Crippen molar-refractivity contribution >= 4 is 33.1 Å². The number of halogens is 1. The number of rotatable bonds is 5. The predicted octanol–water partition coefficient (Wildman–Crippen LogP) is 4.00. The first-order valence-corrected chi connectivity index (χ1v) is 7.46. The molecule has 4 nitrogen and oxygen atoms in total. The Morgan fingerprint density at radius 2 is 1.95 bits per heavy atom. The van der Waals surface area contributed by atoms with Gasteiger partial charge in [-0.25, -0.2) is 9.97 Å². The highest BCUT2D eigenvalue weighted by Crippen LogP contribution is 2.27. The quantitative estimate of drug-likeness (QED) is 0.839. The first-order chi connectivity index (χ1) is 9.60. The molecule has 20 heavy (non-hydrogen) atoms. The van der Waals surface area contributed by atoms with E-state index in [9.17, 15) is 0 Å². The summed E-state index contributed by atoms with van der Waals surface area (Å²) < 4.78 is 0.806. The summed E-state index contributed by atoms with van der Waals surface area (Å²) >= 11 is 3.44. The Bertz CT molecular complexity index is 584. The second kappa shape index (κ2) is 6.70. The summed E-state index contributed by atoms with van der Waals surface area (Å²) in [5.74, 6) is 1.66. The molecule has 0 radical (unpaired) electrons. The van der Waals surface area contributed by atoms with Gasteiger partial charge in [0, 0.05) is 26.6 Å². The number of benzene rings is 1. The molecule has 106 valence electrons. The van der Waals surface area contributed by atoms with Crippen LogP contribution in [0.2, 0.25) is 0 Å². The zero-order valence-corrected chi connectivity index (χ0v) is 13.6. The Labute approximate surface area is 128 Å². The highest BCUT2D eigenvalue weighted by molar-refractivity contribution is 9.10. The van der Waals surface area contributed by atoms with E-state index < -0.39 is 0 Å². The molecule has 0 saturated heterocycles. The van der Waals surface area contributed by atoms with E-state index in [1.54, 1.807) is 0 Å². The van der Waals surface area contributed by atoms with Crippen molar-refractivity contribution in [2.75, 3.05) is 24.3 Å². The van der Waals surface area contributed by atoms with Crippen LogP contribution in [0.25, 0.3) is 0 Å². The van der Waals surface area contributed by atoms with E-state index in [-0.39, 0.29) is 0 Å². The molecular weight excluding hydrogens is 316 g/mol. The van der Waals surface area contributed by atoms with Crippen LogP contribution < -0.4 is 10.2 Å². The van der Waals surface area contributed by atoms with Crippen molar-refractivity contribution in [3.63, 3.8) is 0 Å². The molecule has 0 spiro atoms. The molecule has 0 aliphatic heterocycles. The average molecular weight is 335 g/mol. The van der Waals surface area contributed by atoms with E-state index in [2.05, 4.69) is 49.1 Å². The zero-order valence-electron chi connectivity index (χ0n) is 12.0. The van der Waals surface area contributed by atoms with Gasteiger partial charge in [-0.2, -0.15) is 0 Å². The minimum atomic E-state index is 0.806. The fourth-order valence-electron chi connectivity index (χ4n) is 1.97. The number of hydrogen-bond acceptors (Lipinski definition) is 4. The molecular formula is C15H19BrN4. The van der Waals surface area contributed by atoms with E-state index in [0.717, 1.165) is 40.5 Å². The van der Waals surface area contributed by atoms with Gasteiger partial charge in [-0.3, -0.25) is 0 Å². The number of para-hydroxylation sites is 2. The minimum Gasteiger partial charge on any atom is -0.376 e. The summed E-state index contributed by atoms with van der Waals surface area (Å²) in [6, 6.07) is 10.1. The van der Waals surface area contributed by atoms with Crippen molar-refractivity contribution in [3.05, 3.63) is 40.8 Å². The monoisotopic (exact) mass is 334 g/mol. The van der Waals surface area contributed by atoms with E-state index in [1.807, 2.05) is 38.4 Å². The summed E-state index contributed by atoms with van der Waals surface area (Å²) in [7, 11) is 4.05. The normalized spacial score (nSPS) is 10.4. The molecule has 1 heterocycles. The van der Waals surface area contributed by atoms with E-state index in [1.165, 1.54) is 0 Å².